The standard InChI is InChI=1S/C18H29N5O3/c1-4-26-18(25)23-9-6-14(7-10-23)22-17(24)15-11-21-16(12-20-15)19-8-5-13(2)3/h11-14H,4-10H2,1-3H3,(H,19,21)(H,22,24). The van der Waals surface area contributed by atoms with E-state index in [0.29, 0.717) is 50.0 Å². The Labute approximate surface area is 154 Å². The highest BCUT2D eigenvalue weighted by Crippen LogP contribution is 2.12. The number of nitrogens with one attached hydrogen (secondary N) is 2. The molecule has 1 saturated heterocycles. The molecule has 1 aromatic heterocycles. The Morgan fingerprint density at radius 1 is 1.27 bits per heavy atom. The van der Waals surface area contributed by atoms with Crippen LogP contribution in [-0.4, -0.2) is 59.2 Å². The van der Waals surface area contributed by atoms with E-state index in [1.54, 1.807) is 18.0 Å². The summed E-state index contributed by atoms with van der Waals surface area (Å²) in [7, 11) is 0. The van der Waals surface area contributed by atoms with Crippen LogP contribution in [0.2, 0.25) is 0 Å². The van der Waals surface area contributed by atoms with Gasteiger partial charge in [0.25, 0.3) is 5.91 Å². The Bertz CT molecular complexity index is 583. The molecule has 2 amide bonds. The molecule has 1 aliphatic heterocycles. The Morgan fingerprint density at radius 3 is 2.58 bits per heavy atom. The lowest BCUT2D eigenvalue weighted by Crippen LogP contribution is -2.46. The number of likely N-dealkylation sites (tertiary alicyclic amines) is 1. The van der Waals surface area contributed by atoms with E-state index in [-0.39, 0.29) is 18.0 Å². The number of hydrogen-bond donors (Lipinski definition) is 2. The van der Waals surface area contributed by atoms with E-state index in [2.05, 4.69) is 34.4 Å². The lowest BCUT2D eigenvalue weighted by molar-refractivity contribution is 0.0856. The van der Waals surface area contributed by atoms with Crippen LogP contribution in [0.15, 0.2) is 12.4 Å². The van der Waals surface area contributed by atoms with E-state index >= 15 is 0 Å². The Morgan fingerprint density at radius 2 is 2.00 bits per heavy atom. The van der Waals surface area contributed by atoms with Gasteiger partial charge in [-0.1, -0.05) is 13.8 Å². The zero-order chi connectivity index (χ0) is 18.9. The predicted octanol–water partition coefficient (Wildman–Crippen LogP) is 2.29. The fraction of sp³-hybridized carbons (Fsp3) is 0.667. The van der Waals surface area contributed by atoms with Gasteiger partial charge in [0.05, 0.1) is 19.0 Å². The molecule has 0 saturated carbocycles. The molecule has 8 nitrogen and oxygen atoms in total. The molecule has 2 rings (SSSR count). The number of carbonyl (C=O) groups excluding carboxylic acids is 2. The fourth-order valence-electron chi connectivity index (χ4n) is 2.71. The van der Waals surface area contributed by atoms with E-state index in [1.807, 2.05) is 0 Å². The Hall–Kier alpha value is -2.38. The minimum Gasteiger partial charge on any atom is -0.450 e. The average Bonchev–Trinajstić information content (AvgIpc) is 2.63. The molecule has 0 atom stereocenters. The maximum Gasteiger partial charge on any atom is 0.409 e. The number of nitrogens with zero attached hydrogens (tertiary/aromatic N) is 3. The first-order valence-electron chi connectivity index (χ1n) is 9.28. The molecule has 1 aliphatic rings. The molecule has 2 N–H and O–H groups in total. The Kier molecular flexibility index (Phi) is 7.62. The largest absolute Gasteiger partial charge is 0.450 e. The molecule has 2 heterocycles. The van der Waals surface area contributed by atoms with Crippen LogP contribution in [0.3, 0.4) is 0 Å². The van der Waals surface area contributed by atoms with Gasteiger partial charge in [-0.15, -0.1) is 0 Å². The summed E-state index contributed by atoms with van der Waals surface area (Å²) in [6, 6.07) is 0.0267. The van der Waals surface area contributed by atoms with Crippen molar-refractivity contribution in [2.45, 2.75) is 46.1 Å². The highest BCUT2D eigenvalue weighted by molar-refractivity contribution is 5.92. The number of amides is 2. The molecular formula is C18H29N5O3. The van der Waals surface area contributed by atoms with E-state index < -0.39 is 0 Å². The highest BCUT2D eigenvalue weighted by Gasteiger charge is 2.25. The third kappa shape index (κ3) is 6.16. The molecule has 0 unspecified atom stereocenters. The van der Waals surface area contributed by atoms with Crippen LogP contribution in [0, 0.1) is 5.92 Å². The summed E-state index contributed by atoms with van der Waals surface area (Å²) in [6.07, 6.45) is 5.23. The fourth-order valence-corrected chi connectivity index (χ4v) is 2.71. The monoisotopic (exact) mass is 363 g/mol. The zero-order valence-electron chi connectivity index (χ0n) is 15.8. The van der Waals surface area contributed by atoms with Crippen LogP contribution in [0.5, 0.6) is 0 Å². The van der Waals surface area contributed by atoms with Gasteiger partial charge in [-0.05, 0) is 32.1 Å². The van der Waals surface area contributed by atoms with E-state index in [9.17, 15) is 9.59 Å². The molecule has 144 valence electrons. The summed E-state index contributed by atoms with van der Waals surface area (Å²) in [4.78, 5) is 34.1. The van der Waals surface area contributed by atoms with Crippen molar-refractivity contribution in [2.24, 2.45) is 5.92 Å². The maximum atomic E-state index is 12.3. The van der Waals surface area contributed by atoms with Crippen molar-refractivity contribution in [2.75, 3.05) is 31.6 Å². The Balaban J connectivity index is 1.77. The van der Waals surface area contributed by atoms with Crippen molar-refractivity contribution in [3.63, 3.8) is 0 Å². The van der Waals surface area contributed by atoms with Crippen molar-refractivity contribution in [1.29, 1.82) is 0 Å². The van der Waals surface area contributed by atoms with Gasteiger partial charge in [-0.3, -0.25) is 4.79 Å². The molecule has 26 heavy (non-hydrogen) atoms. The number of hydrogen-bond acceptors (Lipinski definition) is 6. The second-order valence-electron chi connectivity index (χ2n) is 6.83. The van der Waals surface area contributed by atoms with Crippen molar-refractivity contribution in [1.82, 2.24) is 20.2 Å². The molecule has 0 radical (unpaired) electrons. The zero-order valence-corrected chi connectivity index (χ0v) is 15.8. The third-order valence-corrected chi connectivity index (χ3v) is 4.27. The summed E-state index contributed by atoms with van der Waals surface area (Å²) in [5.41, 5.74) is 0.298. The molecule has 0 bridgehead atoms. The summed E-state index contributed by atoms with van der Waals surface area (Å²) in [5.74, 6) is 1.06. The summed E-state index contributed by atoms with van der Waals surface area (Å²) in [6.45, 7) is 8.48. The third-order valence-electron chi connectivity index (χ3n) is 4.27. The highest BCUT2D eigenvalue weighted by atomic mass is 16.6. The smallest absolute Gasteiger partial charge is 0.409 e. The lowest BCUT2D eigenvalue weighted by atomic mass is 10.1. The van der Waals surface area contributed by atoms with Crippen molar-refractivity contribution >= 4 is 17.8 Å². The maximum absolute atomic E-state index is 12.3. The topological polar surface area (TPSA) is 96.5 Å². The first-order valence-corrected chi connectivity index (χ1v) is 9.28. The SMILES string of the molecule is CCOC(=O)N1CCC(NC(=O)c2cnc(NCCC(C)C)cn2)CC1. The second-order valence-corrected chi connectivity index (χ2v) is 6.83. The van der Waals surface area contributed by atoms with Gasteiger partial charge < -0.3 is 20.3 Å². The van der Waals surface area contributed by atoms with Crippen LogP contribution in [0.25, 0.3) is 0 Å². The molecule has 1 fully saturated rings. The van der Waals surface area contributed by atoms with Crippen LogP contribution >= 0.6 is 0 Å². The quantitative estimate of drug-likeness (QED) is 0.771. The van der Waals surface area contributed by atoms with E-state index in [4.69, 9.17) is 4.74 Å². The first kappa shape index (κ1) is 19.9. The molecule has 0 spiro atoms. The van der Waals surface area contributed by atoms with Gasteiger partial charge in [-0.25, -0.2) is 14.8 Å². The predicted molar refractivity (Wildman–Crippen MR) is 99.1 cm³/mol. The first-order chi connectivity index (χ1) is 12.5. The van der Waals surface area contributed by atoms with Gasteiger partial charge in [0.1, 0.15) is 11.5 Å². The van der Waals surface area contributed by atoms with Gasteiger partial charge >= 0.3 is 6.09 Å². The minimum atomic E-state index is -0.288. The minimum absolute atomic E-state index is 0.0267. The number of rotatable bonds is 7. The average molecular weight is 363 g/mol. The summed E-state index contributed by atoms with van der Waals surface area (Å²) >= 11 is 0. The lowest BCUT2D eigenvalue weighted by Gasteiger charge is -2.31. The molecule has 0 aromatic carbocycles. The van der Waals surface area contributed by atoms with Crippen LogP contribution in [-0.2, 0) is 4.74 Å². The van der Waals surface area contributed by atoms with Gasteiger partial charge in [0.2, 0.25) is 0 Å². The second kappa shape index (κ2) is 9.94. The van der Waals surface area contributed by atoms with E-state index in [0.717, 1.165) is 13.0 Å². The van der Waals surface area contributed by atoms with Crippen LogP contribution in [0.1, 0.15) is 50.5 Å². The van der Waals surface area contributed by atoms with Crippen molar-refractivity contribution < 1.29 is 14.3 Å². The van der Waals surface area contributed by atoms with Gasteiger partial charge in [0.15, 0.2) is 0 Å². The molecule has 1 aromatic rings. The van der Waals surface area contributed by atoms with E-state index in [1.165, 1.54) is 6.20 Å². The number of carbonyl (C=O) groups is 2. The number of anilines is 1. The number of aromatic nitrogens is 2. The van der Waals surface area contributed by atoms with Crippen molar-refractivity contribution in [3.05, 3.63) is 18.1 Å². The molecular weight excluding hydrogens is 334 g/mol. The van der Waals surface area contributed by atoms with Crippen LogP contribution in [0.4, 0.5) is 10.6 Å². The number of piperidine rings is 1. The van der Waals surface area contributed by atoms with Gasteiger partial charge in [0, 0.05) is 25.7 Å². The normalized spacial score (nSPS) is 15.0. The van der Waals surface area contributed by atoms with Crippen molar-refractivity contribution in [3.8, 4) is 0 Å². The van der Waals surface area contributed by atoms with Crippen LogP contribution < -0.4 is 10.6 Å². The summed E-state index contributed by atoms with van der Waals surface area (Å²) in [5, 5.41) is 6.16. The number of ether oxygens (including phenoxy) is 1. The summed E-state index contributed by atoms with van der Waals surface area (Å²) < 4.78 is 4.99. The van der Waals surface area contributed by atoms with Gasteiger partial charge in [-0.2, -0.15) is 0 Å². The molecule has 8 heteroatoms. The molecule has 0 aliphatic carbocycles.